The predicted molar refractivity (Wildman–Crippen MR) is 216 cm³/mol. The molecular formula is C50H35OP. The smallest absolute Gasteiger partial charge is 0.171 e. The van der Waals surface area contributed by atoms with Crippen molar-refractivity contribution < 1.29 is 4.57 Å². The molecule has 0 saturated heterocycles. The maximum Gasteiger partial charge on any atom is 0.171 e. The van der Waals surface area contributed by atoms with Crippen LogP contribution >= 0.6 is 7.14 Å². The van der Waals surface area contributed by atoms with Crippen molar-refractivity contribution in [3.63, 3.8) is 0 Å². The van der Waals surface area contributed by atoms with Gasteiger partial charge in [-0.05, 0) is 67.3 Å². The van der Waals surface area contributed by atoms with Crippen LogP contribution in [-0.2, 0) is 9.98 Å². The van der Waals surface area contributed by atoms with E-state index in [-0.39, 0.29) is 5.92 Å². The largest absolute Gasteiger partial charge is 0.309 e. The molecule has 0 amide bonds. The van der Waals surface area contributed by atoms with Crippen molar-refractivity contribution in [2.75, 3.05) is 0 Å². The molecule has 2 heteroatoms. The van der Waals surface area contributed by atoms with Crippen molar-refractivity contribution in [3.8, 4) is 22.3 Å². The number of fused-ring (bicyclic) bond motifs is 6. The molecule has 0 aromatic heterocycles. The Morgan fingerprint density at radius 2 is 0.808 bits per heavy atom. The molecule has 0 saturated carbocycles. The van der Waals surface area contributed by atoms with Crippen molar-refractivity contribution in [2.24, 2.45) is 0 Å². The van der Waals surface area contributed by atoms with E-state index < -0.39 is 12.6 Å². The zero-order chi connectivity index (χ0) is 34.7. The summed E-state index contributed by atoms with van der Waals surface area (Å²) in [6.45, 7) is 0. The van der Waals surface area contributed by atoms with Gasteiger partial charge in [0.1, 0.15) is 0 Å². The Kier molecular flexibility index (Phi) is 7.14. The van der Waals surface area contributed by atoms with Gasteiger partial charge in [0.15, 0.2) is 7.14 Å². The number of rotatable bonds is 6. The van der Waals surface area contributed by atoms with Crippen molar-refractivity contribution in [1.29, 1.82) is 0 Å². The van der Waals surface area contributed by atoms with E-state index in [0.717, 1.165) is 21.5 Å². The molecule has 0 radical (unpaired) electrons. The lowest BCUT2D eigenvalue weighted by Crippen LogP contribution is -2.30. The molecule has 8 aromatic carbocycles. The Bertz CT molecular complexity index is 2550. The third-order valence-electron chi connectivity index (χ3n) is 11.3. The lowest BCUT2D eigenvalue weighted by molar-refractivity contribution is 0.592. The van der Waals surface area contributed by atoms with Crippen LogP contribution in [0.3, 0.4) is 0 Å². The van der Waals surface area contributed by atoms with Gasteiger partial charge >= 0.3 is 0 Å². The topological polar surface area (TPSA) is 17.1 Å². The summed E-state index contributed by atoms with van der Waals surface area (Å²) in [5.74, 6) is 0.185. The van der Waals surface area contributed by atoms with E-state index in [4.69, 9.17) is 0 Å². The summed E-state index contributed by atoms with van der Waals surface area (Å²) < 4.78 is 15.4. The summed E-state index contributed by atoms with van der Waals surface area (Å²) in [6, 6.07) is 73.3. The van der Waals surface area contributed by atoms with E-state index in [1.165, 1.54) is 55.6 Å². The molecule has 0 spiro atoms. The normalized spacial score (nSPS) is 15.0. The molecule has 52 heavy (non-hydrogen) atoms. The number of benzene rings is 8. The van der Waals surface area contributed by atoms with Gasteiger partial charge in [-0.15, -0.1) is 0 Å². The first-order chi connectivity index (χ1) is 25.7. The molecule has 8 aromatic rings. The highest BCUT2D eigenvalue weighted by Crippen LogP contribution is 2.58. The maximum atomic E-state index is 15.4. The molecule has 1 atom stereocenters. The minimum absolute atomic E-state index is 0.185. The second-order valence-corrected chi connectivity index (χ2v) is 16.7. The van der Waals surface area contributed by atoms with E-state index in [9.17, 15) is 0 Å². The molecule has 0 heterocycles. The first kappa shape index (κ1) is 30.8. The molecular weight excluding hydrogens is 648 g/mol. The van der Waals surface area contributed by atoms with Gasteiger partial charge in [-0.25, -0.2) is 0 Å². The zero-order valence-corrected chi connectivity index (χ0v) is 29.5. The first-order valence-corrected chi connectivity index (χ1v) is 19.7. The van der Waals surface area contributed by atoms with Gasteiger partial charge in [0.25, 0.3) is 0 Å². The summed E-state index contributed by atoms with van der Waals surface area (Å²) in [5, 5.41) is 2.51. The van der Waals surface area contributed by atoms with Crippen LogP contribution in [0.5, 0.6) is 0 Å². The molecule has 2 aliphatic rings. The fourth-order valence-corrected chi connectivity index (χ4v) is 11.8. The molecule has 1 unspecified atom stereocenters. The number of hydrogen-bond donors (Lipinski definition) is 0. The first-order valence-electron chi connectivity index (χ1n) is 18.0. The van der Waals surface area contributed by atoms with Crippen LogP contribution in [0.2, 0.25) is 0 Å². The van der Waals surface area contributed by atoms with Gasteiger partial charge in [0, 0.05) is 21.8 Å². The Morgan fingerprint density at radius 3 is 1.40 bits per heavy atom. The summed E-state index contributed by atoms with van der Waals surface area (Å²) >= 11 is 0. The third kappa shape index (κ3) is 4.40. The molecule has 0 N–H and O–H groups in total. The standard InChI is InChI=1S/C50H35OP/c51-52(38-18-6-2-7-19-38,39-20-8-3-9-21-39)40-31-28-36(29-32-40)50(47-26-14-12-23-42(47)43-24-13-15-27-48(43)50)37-30-33-45-46(34-37)41-22-10-11-25-44(41)49(45)35-16-4-1-5-17-35/h1-34,49H. The Hall–Kier alpha value is -6.01. The fourth-order valence-electron chi connectivity index (χ4n) is 9.11. The molecule has 10 rings (SSSR count). The van der Waals surface area contributed by atoms with Crippen molar-refractivity contribution >= 4 is 23.1 Å². The molecule has 0 fully saturated rings. The van der Waals surface area contributed by atoms with Gasteiger partial charge in [0.05, 0.1) is 5.41 Å². The lowest BCUT2D eigenvalue weighted by Gasteiger charge is -2.34. The van der Waals surface area contributed by atoms with E-state index in [2.05, 4.69) is 146 Å². The Balaban J connectivity index is 1.22. The van der Waals surface area contributed by atoms with Crippen LogP contribution < -0.4 is 15.9 Å². The molecule has 0 aliphatic heterocycles. The van der Waals surface area contributed by atoms with Gasteiger partial charge in [-0.1, -0.05) is 200 Å². The molecule has 246 valence electrons. The highest BCUT2D eigenvalue weighted by atomic mass is 31.2. The van der Waals surface area contributed by atoms with Crippen LogP contribution in [0.15, 0.2) is 206 Å². The van der Waals surface area contributed by atoms with E-state index in [1.54, 1.807) is 0 Å². The van der Waals surface area contributed by atoms with E-state index in [0.29, 0.717) is 0 Å². The lowest BCUT2D eigenvalue weighted by atomic mass is 9.67. The minimum atomic E-state index is -3.14. The highest BCUT2D eigenvalue weighted by Gasteiger charge is 2.47. The monoisotopic (exact) mass is 682 g/mol. The predicted octanol–water partition coefficient (Wildman–Crippen LogP) is 10.8. The summed E-state index contributed by atoms with van der Waals surface area (Å²) in [5.41, 5.74) is 13.4. The fraction of sp³-hybridized carbons (Fsp3) is 0.0400. The average molecular weight is 683 g/mol. The van der Waals surface area contributed by atoms with Gasteiger partial charge in [-0.3, -0.25) is 0 Å². The van der Waals surface area contributed by atoms with Crippen molar-refractivity contribution in [3.05, 3.63) is 245 Å². The quantitative estimate of drug-likeness (QED) is 0.160. The van der Waals surface area contributed by atoms with Gasteiger partial charge < -0.3 is 4.57 Å². The van der Waals surface area contributed by atoms with Crippen LogP contribution in [0.4, 0.5) is 0 Å². The molecule has 1 nitrogen and oxygen atoms in total. The second kappa shape index (κ2) is 12.1. The molecule has 0 bridgehead atoms. The second-order valence-electron chi connectivity index (χ2n) is 13.9. The van der Waals surface area contributed by atoms with Crippen LogP contribution in [0.25, 0.3) is 22.3 Å². The Labute approximate surface area is 305 Å². The average Bonchev–Trinajstić information content (AvgIpc) is 3.72. The minimum Gasteiger partial charge on any atom is -0.309 e. The summed E-state index contributed by atoms with van der Waals surface area (Å²) in [6.07, 6.45) is 0. The van der Waals surface area contributed by atoms with Crippen LogP contribution in [0, 0.1) is 0 Å². The Morgan fingerprint density at radius 1 is 0.365 bits per heavy atom. The maximum absolute atomic E-state index is 15.4. The zero-order valence-electron chi connectivity index (χ0n) is 28.6. The summed E-state index contributed by atoms with van der Waals surface area (Å²) in [4.78, 5) is 0. The molecule has 2 aliphatic carbocycles. The highest BCUT2D eigenvalue weighted by molar-refractivity contribution is 7.85. The van der Waals surface area contributed by atoms with Crippen LogP contribution in [-0.4, -0.2) is 0 Å². The van der Waals surface area contributed by atoms with Crippen molar-refractivity contribution in [1.82, 2.24) is 0 Å². The van der Waals surface area contributed by atoms with Crippen molar-refractivity contribution in [2.45, 2.75) is 11.3 Å². The van der Waals surface area contributed by atoms with Gasteiger partial charge in [0.2, 0.25) is 0 Å². The van der Waals surface area contributed by atoms with E-state index >= 15 is 4.57 Å². The van der Waals surface area contributed by atoms with Crippen LogP contribution in [0.1, 0.15) is 44.9 Å². The van der Waals surface area contributed by atoms with E-state index in [1.807, 2.05) is 60.7 Å². The summed E-state index contributed by atoms with van der Waals surface area (Å²) in [7, 11) is -3.14. The number of hydrogen-bond acceptors (Lipinski definition) is 1. The third-order valence-corrected chi connectivity index (χ3v) is 14.4. The van der Waals surface area contributed by atoms with Gasteiger partial charge in [-0.2, -0.15) is 0 Å². The SMILES string of the molecule is O=P(c1ccccc1)(c1ccccc1)c1ccc(C2(c3ccc4c(c3)-c3ccccc3C4c3ccccc3)c3ccccc3-c3ccccc32)cc1.